The van der Waals surface area contributed by atoms with Crippen molar-refractivity contribution in [2.24, 2.45) is 0 Å². The fourth-order valence-electron chi connectivity index (χ4n) is 3.04. The van der Waals surface area contributed by atoms with Crippen LogP contribution >= 0.6 is 11.5 Å². The van der Waals surface area contributed by atoms with Gasteiger partial charge in [0.15, 0.2) is 0 Å². The number of aryl methyl sites for hydroxylation is 2. The van der Waals surface area contributed by atoms with Gasteiger partial charge in [-0.1, -0.05) is 49.6 Å². The lowest BCUT2D eigenvalue weighted by Crippen LogP contribution is -2.33. The smallest absolute Gasteiger partial charge is 0.255 e. The van der Waals surface area contributed by atoms with E-state index in [-0.39, 0.29) is 16.6 Å². The summed E-state index contributed by atoms with van der Waals surface area (Å²) >= 11 is 1.07. The van der Waals surface area contributed by atoms with E-state index in [1.54, 1.807) is 3.96 Å². The highest BCUT2D eigenvalue weighted by atomic mass is 32.1. The molecule has 112 valence electrons. The van der Waals surface area contributed by atoms with E-state index in [9.17, 15) is 9.59 Å². The molecule has 0 aliphatic heterocycles. The molecule has 1 heterocycles. The topological polar surface area (TPSA) is 44.0 Å². The lowest BCUT2D eigenvalue weighted by atomic mass is 9.95. The van der Waals surface area contributed by atoms with E-state index >= 15 is 0 Å². The van der Waals surface area contributed by atoms with Gasteiger partial charge in [0.2, 0.25) is 0 Å². The maximum atomic E-state index is 12.4. The van der Waals surface area contributed by atoms with E-state index < -0.39 is 0 Å². The largest absolute Gasteiger partial charge is 0.341 e. The molecule has 1 aliphatic carbocycles. The van der Waals surface area contributed by atoms with Crippen LogP contribution in [0.2, 0.25) is 0 Å². The highest BCUT2D eigenvalue weighted by molar-refractivity contribution is 7.03. The Kier molecular flexibility index (Phi) is 4.39. The molecule has 1 aromatic carbocycles. The Hall–Kier alpha value is -1.62. The maximum Gasteiger partial charge on any atom is 0.341 e. The van der Waals surface area contributed by atoms with Gasteiger partial charge in [0.1, 0.15) is 0 Å². The SMILES string of the molecule is O=c1sn(CCc2ccccc2)c(=O)n1C1CCCCC1. The van der Waals surface area contributed by atoms with Crippen molar-refractivity contribution in [3.63, 3.8) is 0 Å². The second-order valence-corrected chi connectivity index (χ2v) is 6.61. The highest BCUT2D eigenvalue weighted by Crippen LogP contribution is 2.26. The molecule has 2 aromatic rings. The molecule has 0 atom stereocenters. The van der Waals surface area contributed by atoms with Crippen LogP contribution in [0, 0.1) is 0 Å². The third kappa shape index (κ3) is 3.18. The van der Waals surface area contributed by atoms with Gasteiger partial charge in [0.05, 0.1) is 0 Å². The van der Waals surface area contributed by atoms with E-state index in [0.29, 0.717) is 6.54 Å². The van der Waals surface area contributed by atoms with Crippen LogP contribution < -0.4 is 10.6 Å². The average molecular weight is 304 g/mol. The predicted molar refractivity (Wildman–Crippen MR) is 85.1 cm³/mol. The summed E-state index contributed by atoms with van der Waals surface area (Å²) < 4.78 is 3.11. The Bertz CT molecular complexity index is 693. The molecule has 1 aliphatic rings. The fraction of sp³-hybridized carbons (Fsp3) is 0.500. The van der Waals surface area contributed by atoms with Crippen molar-refractivity contribution in [1.82, 2.24) is 8.52 Å². The molecule has 0 saturated heterocycles. The van der Waals surface area contributed by atoms with Crippen LogP contribution in [0.15, 0.2) is 39.9 Å². The number of hydrogen-bond acceptors (Lipinski definition) is 3. The monoisotopic (exact) mass is 304 g/mol. The zero-order valence-electron chi connectivity index (χ0n) is 12.0. The summed E-state index contributed by atoms with van der Waals surface area (Å²) in [5.74, 6) is 0. The molecule has 4 nitrogen and oxygen atoms in total. The summed E-state index contributed by atoms with van der Waals surface area (Å²) in [5.41, 5.74) is 1.07. The van der Waals surface area contributed by atoms with Crippen molar-refractivity contribution >= 4 is 11.5 Å². The quantitative estimate of drug-likeness (QED) is 0.872. The van der Waals surface area contributed by atoms with Crippen LogP contribution in [0.5, 0.6) is 0 Å². The number of aromatic nitrogens is 2. The first-order valence-corrected chi connectivity index (χ1v) is 8.39. The van der Waals surface area contributed by atoms with E-state index in [0.717, 1.165) is 43.6 Å². The Morgan fingerprint density at radius 1 is 1.05 bits per heavy atom. The second-order valence-electron chi connectivity index (χ2n) is 5.64. The standard InChI is InChI=1S/C16H20N2O2S/c19-15-17(12-11-13-7-3-1-4-8-13)21-16(20)18(15)14-9-5-2-6-10-14/h1,3-4,7-8,14H,2,5-6,9-12H2. The van der Waals surface area contributed by atoms with Crippen molar-refractivity contribution in [2.45, 2.75) is 51.1 Å². The Morgan fingerprint density at radius 2 is 1.76 bits per heavy atom. The van der Waals surface area contributed by atoms with E-state index in [1.807, 2.05) is 30.3 Å². The first-order valence-electron chi connectivity index (χ1n) is 7.62. The van der Waals surface area contributed by atoms with Gasteiger partial charge in [-0.05, 0) is 24.8 Å². The van der Waals surface area contributed by atoms with Crippen molar-refractivity contribution in [1.29, 1.82) is 0 Å². The molecular weight excluding hydrogens is 284 g/mol. The summed E-state index contributed by atoms with van der Waals surface area (Å²) in [6.45, 7) is 0.586. The lowest BCUT2D eigenvalue weighted by molar-refractivity contribution is 0.338. The number of nitrogens with zero attached hydrogens (tertiary/aromatic N) is 2. The van der Waals surface area contributed by atoms with Crippen LogP contribution in [0.25, 0.3) is 0 Å². The minimum Gasteiger partial charge on any atom is -0.255 e. The molecule has 0 amide bonds. The molecule has 1 fully saturated rings. The van der Waals surface area contributed by atoms with Gasteiger partial charge in [-0.3, -0.25) is 4.79 Å². The zero-order chi connectivity index (χ0) is 14.7. The van der Waals surface area contributed by atoms with Gasteiger partial charge in [0.25, 0.3) is 0 Å². The first kappa shape index (κ1) is 14.3. The average Bonchev–Trinajstić information content (AvgIpc) is 2.81. The van der Waals surface area contributed by atoms with Crippen LogP contribution in [0.1, 0.15) is 43.7 Å². The van der Waals surface area contributed by atoms with Gasteiger partial charge in [-0.2, -0.15) is 0 Å². The van der Waals surface area contributed by atoms with Gasteiger partial charge in [-0.25, -0.2) is 13.3 Å². The molecule has 0 N–H and O–H groups in total. The minimum absolute atomic E-state index is 0.0973. The van der Waals surface area contributed by atoms with Crippen molar-refractivity contribution < 1.29 is 0 Å². The van der Waals surface area contributed by atoms with Crippen molar-refractivity contribution in [3.8, 4) is 0 Å². The van der Waals surface area contributed by atoms with Crippen LogP contribution in [0.3, 0.4) is 0 Å². The third-order valence-corrected chi connectivity index (χ3v) is 5.10. The van der Waals surface area contributed by atoms with Crippen LogP contribution in [-0.2, 0) is 13.0 Å². The number of hydrogen-bond donors (Lipinski definition) is 0. The van der Waals surface area contributed by atoms with Gasteiger partial charge < -0.3 is 0 Å². The molecule has 1 aromatic heterocycles. The molecule has 0 radical (unpaired) electrons. The maximum absolute atomic E-state index is 12.4. The van der Waals surface area contributed by atoms with Crippen molar-refractivity contribution in [2.75, 3.05) is 0 Å². The first-order chi connectivity index (χ1) is 10.3. The molecular formula is C16H20N2O2S. The summed E-state index contributed by atoms with van der Waals surface area (Å²) in [4.78, 5) is 24.5. The van der Waals surface area contributed by atoms with E-state index in [4.69, 9.17) is 0 Å². The summed E-state index contributed by atoms with van der Waals surface area (Å²) in [5, 5.41) is 0. The Morgan fingerprint density at radius 3 is 2.48 bits per heavy atom. The van der Waals surface area contributed by atoms with Gasteiger partial charge in [-0.15, -0.1) is 0 Å². The van der Waals surface area contributed by atoms with Crippen LogP contribution in [0.4, 0.5) is 0 Å². The molecule has 1 saturated carbocycles. The minimum atomic E-state index is -0.118. The molecule has 5 heteroatoms. The molecule has 21 heavy (non-hydrogen) atoms. The van der Waals surface area contributed by atoms with E-state index in [2.05, 4.69) is 0 Å². The summed E-state index contributed by atoms with van der Waals surface area (Å²) in [6, 6.07) is 10.2. The third-order valence-electron chi connectivity index (χ3n) is 4.19. The molecule has 0 spiro atoms. The highest BCUT2D eigenvalue weighted by Gasteiger charge is 2.21. The zero-order valence-corrected chi connectivity index (χ0v) is 12.8. The summed E-state index contributed by atoms with van der Waals surface area (Å²) in [7, 11) is 0. The van der Waals surface area contributed by atoms with Crippen molar-refractivity contribution in [3.05, 3.63) is 56.0 Å². The Balaban J connectivity index is 1.78. The molecule has 0 unspecified atom stereocenters. The fourth-order valence-corrected chi connectivity index (χ4v) is 3.89. The predicted octanol–water partition coefficient (Wildman–Crippen LogP) is 2.82. The van der Waals surface area contributed by atoms with Gasteiger partial charge in [0, 0.05) is 24.1 Å². The normalized spacial score (nSPS) is 16.2. The molecule has 0 bridgehead atoms. The number of rotatable bonds is 4. The second kappa shape index (κ2) is 6.43. The summed E-state index contributed by atoms with van der Waals surface area (Å²) in [6.07, 6.45) is 6.17. The Labute approximate surface area is 127 Å². The van der Waals surface area contributed by atoms with Gasteiger partial charge >= 0.3 is 10.6 Å². The lowest BCUT2D eigenvalue weighted by Gasteiger charge is -2.20. The van der Waals surface area contributed by atoms with Crippen LogP contribution in [-0.4, -0.2) is 8.52 Å². The van der Waals surface area contributed by atoms with E-state index in [1.165, 1.54) is 16.6 Å². The number of benzene rings is 1. The molecule has 3 rings (SSSR count).